The lowest BCUT2D eigenvalue weighted by Gasteiger charge is -2.27. The molecule has 2 nitrogen and oxygen atoms in total. The second kappa shape index (κ2) is 6.76. The van der Waals surface area contributed by atoms with Crippen LogP contribution >= 0.6 is 0 Å². The lowest BCUT2D eigenvalue weighted by molar-refractivity contribution is 0.383. The van der Waals surface area contributed by atoms with Crippen molar-refractivity contribution in [1.29, 1.82) is 0 Å². The van der Waals surface area contributed by atoms with E-state index in [9.17, 15) is 0 Å². The van der Waals surface area contributed by atoms with E-state index in [2.05, 4.69) is 64.8 Å². The highest BCUT2D eigenvalue weighted by Gasteiger charge is 2.29. The topological polar surface area (TPSA) is 15.3 Å². The van der Waals surface area contributed by atoms with E-state index in [1.54, 1.807) is 0 Å². The van der Waals surface area contributed by atoms with Crippen LogP contribution in [0.25, 0.3) is 0 Å². The average Bonchev–Trinajstić information content (AvgIpc) is 3.01. The number of rotatable bonds is 4. The summed E-state index contributed by atoms with van der Waals surface area (Å²) in [6.45, 7) is 3.49. The van der Waals surface area contributed by atoms with E-state index in [1.807, 2.05) is 0 Å². The molecule has 2 aromatic carbocycles. The molecular formula is C21H26N2. The van der Waals surface area contributed by atoms with E-state index in [0.29, 0.717) is 12.0 Å². The maximum atomic E-state index is 3.68. The Hall–Kier alpha value is -1.80. The third-order valence-corrected chi connectivity index (χ3v) is 5.42. The number of piperidine rings is 1. The second-order valence-corrected chi connectivity index (χ2v) is 6.90. The molecule has 120 valence electrons. The van der Waals surface area contributed by atoms with Gasteiger partial charge in [0.15, 0.2) is 0 Å². The molecule has 0 spiro atoms. The van der Waals surface area contributed by atoms with Gasteiger partial charge in [-0.15, -0.1) is 0 Å². The van der Waals surface area contributed by atoms with Crippen molar-refractivity contribution in [3.05, 3.63) is 65.7 Å². The third-order valence-electron chi connectivity index (χ3n) is 5.42. The van der Waals surface area contributed by atoms with E-state index in [1.165, 1.54) is 49.0 Å². The third kappa shape index (κ3) is 3.13. The van der Waals surface area contributed by atoms with E-state index >= 15 is 0 Å². The minimum absolute atomic E-state index is 0.520. The minimum atomic E-state index is 0.520. The lowest BCUT2D eigenvalue weighted by atomic mass is 9.93. The van der Waals surface area contributed by atoms with Crippen molar-refractivity contribution >= 4 is 5.69 Å². The molecule has 2 unspecified atom stereocenters. The molecule has 0 radical (unpaired) electrons. The summed E-state index contributed by atoms with van der Waals surface area (Å²) < 4.78 is 0. The smallest absolute Gasteiger partial charge is 0.0406 e. The first-order valence-corrected chi connectivity index (χ1v) is 9.04. The molecule has 2 atom stereocenters. The predicted molar refractivity (Wildman–Crippen MR) is 97.2 cm³/mol. The maximum absolute atomic E-state index is 3.68. The van der Waals surface area contributed by atoms with Crippen LogP contribution in [0.1, 0.15) is 42.7 Å². The van der Waals surface area contributed by atoms with Gasteiger partial charge >= 0.3 is 0 Å². The van der Waals surface area contributed by atoms with Crippen LogP contribution in [0.2, 0.25) is 0 Å². The molecule has 2 aromatic rings. The molecule has 0 saturated carbocycles. The molecule has 2 heteroatoms. The van der Waals surface area contributed by atoms with Crippen LogP contribution < -0.4 is 10.2 Å². The molecule has 4 rings (SSSR count). The van der Waals surface area contributed by atoms with Gasteiger partial charge in [0.1, 0.15) is 0 Å². The zero-order valence-electron chi connectivity index (χ0n) is 13.7. The Balaban J connectivity index is 1.50. The highest BCUT2D eigenvalue weighted by atomic mass is 15.2. The highest BCUT2D eigenvalue weighted by molar-refractivity contribution is 5.62. The van der Waals surface area contributed by atoms with E-state index in [0.717, 1.165) is 13.1 Å². The predicted octanol–water partition coefficient (Wildman–Crippen LogP) is 4.17. The highest BCUT2D eigenvalue weighted by Crippen LogP contribution is 2.39. The van der Waals surface area contributed by atoms with Crippen molar-refractivity contribution in [3.63, 3.8) is 0 Å². The van der Waals surface area contributed by atoms with E-state index in [-0.39, 0.29) is 0 Å². The summed E-state index contributed by atoms with van der Waals surface area (Å²) in [5.41, 5.74) is 4.38. The summed E-state index contributed by atoms with van der Waals surface area (Å²) in [6, 6.07) is 20.7. The van der Waals surface area contributed by atoms with Crippen molar-refractivity contribution < 1.29 is 0 Å². The zero-order valence-corrected chi connectivity index (χ0v) is 13.7. The number of hydrogen-bond donors (Lipinski definition) is 1. The van der Waals surface area contributed by atoms with Crippen molar-refractivity contribution in [2.45, 2.75) is 37.6 Å². The Labute approximate surface area is 139 Å². The average molecular weight is 306 g/mol. The number of nitrogens with zero attached hydrogens (tertiary/aromatic N) is 1. The Morgan fingerprint density at radius 1 is 0.957 bits per heavy atom. The first-order valence-electron chi connectivity index (χ1n) is 9.04. The molecule has 23 heavy (non-hydrogen) atoms. The van der Waals surface area contributed by atoms with Crippen LogP contribution in [0.4, 0.5) is 5.69 Å². The number of hydrogen-bond acceptors (Lipinski definition) is 2. The van der Waals surface area contributed by atoms with Crippen LogP contribution in [0, 0.1) is 0 Å². The fourth-order valence-electron chi connectivity index (χ4n) is 4.15. The monoisotopic (exact) mass is 306 g/mol. The van der Waals surface area contributed by atoms with Gasteiger partial charge in [0.25, 0.3) is 0 Å². The Morgan fingerprint density at radius 3 is 2.61 bits per heavy atom. The number of para-hydroxylation sites is 1. The largest absolute Gasteiger partial charge is 0.370 e. The van der Waals surface area contributed by atoms with E-state index < -0.39 is 0 Å². The first kappa shape index (κ1) is 14.8. The van der Waals surface area contributed by atoms with Crippen LogP contribution in [-0.2, 0) is 0 Å². The molecule has 2 aliphatic heterocycles. The molecule has 0 bridgehead atoms. The zero-order chi connectivity index (χ0) is 15.5. The first-order chi connectivity index (χ1) is 11.4. The summed E-state index contributed by atoms with van der Waals surface area (Å²) in [5.74, 6) is 0.520. The van der Waals surface area contributed by atoms with Gasteiger partial charge in [-0.2, -0.15) is 0 Å². The van der Waals surface area contributed by atoms with Gasteiger partial charge in [-0.1, -0.05) is 55.0 Å². The normalized spacial score (nSPS) is 23.7. The SMILES string of the molecule is c1ccc(C2CN(CCC3CCCCN3)c3ccccc32)cc1. The van der Waals surface area contributed by atoms with Crippen LogP contribution in [-0.4, -0.2) is 25.7 Å². The summed E-state index contributed by atoms with van der Waals surface area (Å²) >= 11 is 0. The Morgan fingerprint density at radius 2 is 1.78 bits per heavy atom. The van der Waals surface area contributed by atoms with Gasteiger partial charge in [-0.05, 0) is 43.0 Å². The Bertz CT molecular complexity index is 631. The minimum Gasteiger partial charge on any atom is -0.370 e. The second-order valence-electron chi connectivity index (χ2n) is 6.90. The van der Waals surface area contributed by atoms with Gasteiger partial charge < -0.3 is 10.2 Å². The quantitative estimate of drug-likeness (QED) is 0.912. The maximum Gasteiger partial charge on any atom is 0.0406 e. The molecule has 2 aliphatic rings. The summed E-state index contributed by atoms with van der Waals surface area (Å²) in [7, 11) is 0. The standard InChI is InChI=1S/C21H26N2/c1-2-8-17(9-3-1)20-16-23(21-12-5-4-11-19(20)21)15-13-18-10-6-7-14-22-18/h1-5,8-9,11-12,18,20,22H,6-7,10,13-16H2. The van der Waals surface area contributed by atoms with Gasteiger partial charge in [-0.3, -0.25) is 0 Å². The van der Waals surface area contributed by atoms with Crippen molar-refractivity contribution in [2.24, 2.45) is 0 Å². The number of benzene rings is 2. The number of anilines is 1. The molecule has 0 aromatic heterocycles. The Kier molecular flexibility index (Phi) is 4.34. The van der Waals surface area contributed by atoms with Gasteiger partial charge in [0.2, 0.25) is 0 Å². The molecule has 0 aliphatic carbocycles. The molecule has 1 N–H and O–H groups in total. The fourth-order valence-corrected chi connectivity index (χ4v) is 4.15. The van der Waals surface area contributed by atoms with Crippen molar-refractivity contribution in [3.8, 4) is 0 Å². The van der Waals surface area contributed by atoms with Crippen molar-refractivity contribution in [1.82, 2.24) is 5.32 Å². The summed E-state index contributed by atoms with van der Waals surface area (Å²) in [4.78, 5) is 2.60. The van der Waals surface area contributed by atoms with Gasteiger partial charge in [0, 0.05) is 30.7 Å². The van der Waals surface area contributed by atoms with E-state index in [4.69, 9.17) is 0 Å². The lowest BCUT2D eigenvalue weighted by Crippen LogP contribution is -2.37. The molecule has 1 saturated heterocycles. The van der Waals surface area contributed by atoms with Crippen molar-refractivity contribution in [2.75, 3.05) is 24.5 Å². The molecule has 0 amide bonds. The summed E-state index contributed by atoms with van der Waals surface area (Å²) in [6.07, 6.45) is 5.34. The fraction of sp³-hybridized carbons (Fsp3) is 0.429. The number of nitrogens with one attached hydrogen (secondary N) is 1. The molecule has 1 fully saturated rings. The number of fused-ring (bicyclic) bond motifs is 1. The van der Waals surface area contributed by atoms with Gasteiger partial charge in [-0.25, -0.2) is 0 Å². The molecular weight excluding hydrogens is 280 g/mol. The summed E-state index contributed by atoms with van der Waals surface area (Å²) in [5, 5.41) is 3.68. The van der Waals surface area contributed by atoms with Gasteiger partial charge in [0.05, 0.1) is 0 Å². The molecule has 2 heterocycles. The van der Waals surface area contributed by atoms with Crippen LogP contribution in [0.3, 0.4) is 0 Å². The van der Waals surface area contributed by atoms with Crippen LogP contribution in [0.5, 0.6) is 0 Å². The van der Waals surface area contributed by atoms with Crippen LogP contribution in [0.15, 0.2) is 54.6 Å².